The summed E-state index contributed by atoms with van der Waals surface area (Å²) in [5, 5.41) is 0. The Morgan fingerprint density at radius 3 is 2.95 bits per heavy atom. The number of hydrogen-bond donors (Lipinski definition) is 1. The summed E-state index contributed by atoms with van der Waals surface area (Å²) in [4.78, 5) is 0. The molecule has 0 radical (unpaired) electrons. The predicted molar refractivity (Wildman–Crippen MR) is 85.2 cm³/mol. The molecule has 0 saturated carbocycles. The van der Waals surface area contributed by atoms with Crippen molar-refractivity contribution in [1.82, 2.24) is 0 Å². The number of hydrogen-bond acceptors (Lipinski definition) is 2. The summed E-state index contributed by atoms with van der Waals surface area (Å²) < 4.78 is 6.76. The molecule has 3 heteroatoms. The molecular weight excluding hydrogens is 314 g/mol. The van der Waals surface area contributed by atoms with Gasteiger partial charge in [-0.15, -0.1) is 0 Å². The van der Waals surface area contributed by atoms with Crippen molar-refractivity contribution in [1.29, 1.82) is 0 Å². The van der Waals surface area contributed by atoms with Gasteiger partial charge in [0.2, 0.25) is 0 Å². The van der Waals surface area contributed by atoms with E-state index >= 15 is 0 Å². The van der Waals surface area contributed by atoms with Crippen LogP contribution in [0.5, 0.6) is 5.75 Å². The van der Waals surface area contributed by atoms with Crippen LogP contribution in [0.2, 0.25) is 0 Å². The van der Waals surface area contributed by atoms with Crippen molar-refractivity contribution >= 4 is 15.9 Å². The van der Waals surface area contributed by atoms with Crippen molar-refractivity contribution in [2.75, 3.05) is 6.61 Å². The average Bonchev–Trinajstić information content (AvgIpc) is 2.49. The monoisotopic (exact) mass is 331 g/mol. The van der Waals surface area contributed by atoms with Crippen LogP contribution in [-0.2, 0) is 6.42 Å². The molecule has 0 fully saturated rings. The van der Waals surface area contributed by atoms with Crippen LogP contribution in [0, 0.1) is 6.92 Å². The lowest BCUT2D eigenvalue weighted by atomic mass is 9.93. The van der Waals surface area contributed by atoms with Gasteiger partial charge in [-0.2, -0.15) is 0 Å². The molecule has 1 heterocycles. The molecule has 0 amide bonds. The molecular formula is C17H18BrNO. The van der Waals surface area contributed by atoms with Gasteiger partial charge in [0, 0.05) is 4.47 Å². The second kappa shape index (κ2) is 5.58. The van der Waals surface area contributed by atoms with Gasteiger partial charge in [0.25, 0.3) is 0 Å². The van der Waals surface area contributed by atoms with E-state index in [0.29, 0.717) is 0 Å². The molecule has 0 bridgehead atoms. The van der Waals surface area contributed by atoms with Gasteiger partial charge in [-0.3, -0.25) is 0 Å². The molecule has 2 N–H and O–H groups in total. The first-order valence-electron chi connectivity index (χ1n) is 6.93. The third kappa shape index (κ3) is 2.48. The highest BCUT2D eigenvalue weighted by Gasteiger charge is 2.16. The Bertz CT molecular complexity index is 639. The van der Waals surface area contributed by atoms with Gasteiger partial charge in [0.1, 0.15) is 5.75 Å². The minimum atomic E-state index is -0.0975. The quantitative estimate of drug-likeness (QED) is 0.897. The highest BCUT2D eigenvalue weighted by atomic mass is 79.9. The Morgan fingerprint density at radius 2 is 2.10 bits per heavy atom. The second-order valence-corrected chi connectivity index (χ2v) is 6.11. The number of ether oxygens (including phenoxy) is 1. The zero-order valence-electron chi connectivity index (χ0n) is 11.5. The van der Waals surface area contributed by atoms with E-state index in [-0.39, 0.29) is 6.04 Å². The van der Waals surface area contributed by atoms with Crippen LogP contribution >= 0.6 is 15.9 Å². The molecule has 1 aliphatic heterocycles. The molecule has 1 unspecified atom stereocenters. The summed E-state index contributed by atoms with van der Waals surface area (Å²) in [5.41, 5.74) is 11.2. The molecule has 0 aromatic heterocycles. The lowest BCUT2D eigenvalue weighted by molar-refractivity contribution is 0.288. The van der Waals surface area contributed by atoms with Crippen molar-refractivity contribution in [2.24, 2.45) is 5.73 Å². The molecule has 104 valence electrons. The largest absolute Gasteiger partial charge is 0.493 e. The molecule has 0 spiro atoms. The maximum atomic E-state index is 6.46. The molecule has 0 saturated heterocycles. The third-order valence-electron chi connectivity index (χ3n) is 3.94. The first-order valence-corrected chi connectivity index (χ1v) is 7.72. The van der Waals surface area contributed by atoms with Gasteiger partial charge >= 0.3 is 0 Å². The van der Waals surface area contributed by atoms with Gasteiger partial charge in [0.15, 0.2) is 0 Å². The van der Waals surface area contributed by atoms with Crippen molar-refractivity contribution in [3.05, 3.63) is 63.1 Å². The second-order valence-electron chi connectivity index (χ2n) is 5.25. The molecule has 3 rings (SSSR count). The Morgan fingerprint density at radius 1 is 1.25 bits per heavy atom. The van der Waals surface area contributed by atoms with Crippen LogP contribution in [0.4, 0.5) is 0 Å². The topological polar surface area (TPSA) is 35.2 Å². The van der Waals surface area contributed by atoms with E-state index in [9.17, 15) is 0 Å². The highest BCUT2D eigenvalue weighted by Crippen LogP contribution is 2.31. The highest BCUT2D eigenvalue weighted by molar-refractivity contribution is 9.10. The fraction of sp³-hybridized carbons (Fsp3) is 0.294. The van der Waals surface area contributed by atoms with Crippen LogP contribution in [0.25, 0.3) is 0 Å². The summed E-state index contributed by atoms with van der Waals surface area (Å²) in [7, 11) is 0. The number of nitrogens with two attached hydrogens (primary N) is 1. The summed E-state index contributed by atoms with van der Waals surface area (Å²) in [6.07, 6.45) is 2.16. The van der Waals surface area contributed by atoms with Crippen molar-refractivity contribution in [3.63, 3.8) is 0 Å². The number of halogens is 1. The van der Waals surface area contributed by atoms with E-state index in [1.807, 2.05) is 12.1 Å². The van der Waals surface area contributed by atoms with Crippen LogP contribution in [-0.4, -0.2) is 6.61 Å². The summed E-state index contributed by atoms with van der Waals surface area (Å²) in [6, 6.07) is 12.4. The fourth-order valence-corrected chi connectivity index (χ4v) is 3.10. The van der Waals surface area contributed by atoms with E-state index in [4.69, 9.17) is 10.5 Å². The maximum absolute atomic E-state index is 6.46. The minimum Gasteiger partial charge on any atom is -0.493 e. The maximum Gasteiger partial charge on any atom is 0.122 e. The number of fused-ring (bicyclic) bond motifs is 1. The Hall–Kier alpha value is -1.32. The summed E-state index contributed by atoms with van der Waals surface area (Å²) >= 11 is 3.57. The van der Waals surface area contributed by atoms with Crippen molar-refractivity contribution in [3.8, 4) is 5.75 Å². The van der Waals surface area contributed by atoms with Crippen LogP contribution in [0.15, 0.2) is 40.9 Å². The number of rotatable bonds is 2. The van der Waals surface area contributed by atoms with Crippen LogP contribution < -0.4 is 10.5 Å². The summed E-state index contributed by atoms with van der Waals surface area (Å²) in [5.74, 6) is 1.01. The summed E-state index contributed by atoms with van der Waals surface area (Å²) in [6.45, 7) is 2.92. The lowest BCUT2D eigenvalue weighted by Crippen LogP contribution is -2.15. The van der Waals surface area contributed by atoms with Gasteiger partial charge in [-0.05, 0) is 54.2 Å². The Kier molecular flexibility index (Phi) is 3.81. The zero-order valence-corrected chi connectivity index (χ0v) is 13.1. The molecule has 1 aliphatic rings. The van der Waals surface area contributed by atoms with E-state index in [2.05, 4.69) is 47.1 Å². The molecule has 2 nitrogen and oxygen atoms in total. The fourth-order valence-electron chi connectivity index (χ4n) is 2.71. The molecule has 2 aromatic rings. The number of aryl methyl sites for hydroxylation is 1. The molecule has 2 aromatic carbocycles. The first-order chi connectivity index (χ1) is 9.66. The van der Waals surface area contributed by atoms with E-state index in [1.54, 1.807) is 0 Å². The molecule has 20 heavy (non-hydrogen) atoms. The van der Waals surface area contributed by atoms with E-state index < -0.39 is 0 Å². The SMILES string of the molecule is Cc1c(Br)cccc1C(N)c1ccc2c(c1)CCCO2. The van der Waals surface area contributed by atoms with Crippen LogP contribution in [0.3, 0.4) is 0 Å². The van der Waals surface area contributed by atoms with E-state index in [1.165, 1.54) is 11.1 Å². The first kappa shape index (κ1) is 13.7. The molecule has 0 aliphatic carbocycles. The predicted octanol–water partition coefficient (Wildman–Crippen LogP) is 4.13. The van der Waals surface area contributed by atoms with Crippen molar-refractivity contribution in [2.45, 2.75) is 25.8 Å². The lowest BCUT2D eigenvalue weighted by Gasteiger charge is -2.21. The Labute approximate surface area is 128 Å². The normalized spacial score (nSPS) is 15.3. The number of benzene rings is 2. The minimum absolute atomic E-state index is 0.0975. The van der Waals surface area contributed by atoms with Gasteiger partial charge < -0.3 is 10.5 Å². The Balaban J connectivity index is 1.98. The average molecular weight is 332 g/mol. The van der Waals surface area contributed by atoms with Crippen molar-refractivity contribution < 1.29 is 4.74 Å². The standard InChI is InChI=1S/C17H18BrNO/c1-11-14(5-2-6-15(11)18)17(19)13-7-8-16-12(10-13)4-3-9-20-16/h2,5-8,10,17H,3-4,9,19H2,1H3. The smallest absolute Gasteiger partial charge is 0.122 e. The zero-order chi connectivity index (χ0) is 14.1. The van der Waals surface area contributed by atoms with Gasteiger partial charge in [-0.25, -0.2) is 0 Å². The van der Waals surface area contributed by atoms with Gasteiger partial charge in [-0.1, -0.05) is 40.2 Å². The molecule has 1 atom stereocenters. The van der Waals surface area contributed by atoms with E-state index in [0.717, 1.165) is 40.8 Å². The third-order valence-corrected chi connectivity index (χ3v) is 4.80. The van der Waals surface area contributed by atoms with Gasteiger partial charge in [0.05, 0.1) is 12.6 Å². The van der Waals surface area contributed by atoms with Crippen LogP contribution in [0.1, 0.15) is 34.7 Å².